The second kappa shape index (κ2) is 4.17. The molecule has 0 saturated heterocycles. The second-order valence-corrected chi connectivity index (χ2v) is 4.38. The SMILES string of the molecule is N#Cc1cccc2c1CC(O)c1ccccc1N2. The maximum atomic E-state index is 10.3. The molecule has 1 aliphatic heterocycles. The van der Waals surface area contributed by atoms with E-state index in [1.165, 1.54) is 0 Å². The summed E-state index contributed by atoms with van der Waals surface area (Å²) in [5.74, 6) is 0. The Kier molecular flexibility index (Phi) is 2.51. The smallest absolute Gasteiger partial charge is 0.0995 e. The Balaban J connectivity index is 2.18. The Morgan fingerprint density at radius 2 is 1.89 bits per heavy atom. The van der Waals surface area contributed by atoms with Crippen molar-refractivity contribution in [2.24, 2.45) is 0 Å². The number of nitriles is 1. The lowest BCUT2D eigenvalue weighted by molar-refractivity contribution is 0.180. The highest BCUT2D eigenvalue weighted by Gasteiger charge is 2.21. The molecule has 0 bridgehead atoms. The van der Waals surface area contributed by atoms with Crippen LogP contribution in [0.15, 0.2) is 42.5 Å². The molecule has 88 valence electrons. The zero-order valence-electron chi connectivity index (χ0n) is 9.72. The molecule has 2 aromatic rings. The van der Waals surface area contributed by atoms with E-state index in [1.54, 1.807) is 6.07 Å². The van der Waals surface area contributed by atoms with Crippen LogP contribution < -0.4 is 5.32 Å². The van der Waals surface area contributed by atoms with Gasteiger partial charge in [-0.05, 0) is 23.8 Å². The average Bonchev–Trinajstić information content (AvgIpc) is 2.54. The van der Waals surface area contributed by atoms with E-state index in [1.807, 2.05) is 36.4 Å². The predicted molar refractivity (Wildman–Crippen MR) is 69.5 cm³/mol. The van der Waals surface area contributed by atoms with Crippen LogP contribution in [0.25, 0.3) is 0 Å². The Morgan fingerprint density at radius 1 is 1.11 bits per heavy atom. The predicted octanol–water partition coefficient (Wildman–Crippen LogP) is 2.89. The topological polar surface area (TPSA) is 56.0 Å². The van der Waals surface area contributed by atoms with Gasteiger partial charge >= 0.3 is 0 Å². The molecule has 0 aliphatic carbocycles. The molecule has 0 aromatic heterocycles. The van der Waals surface area contributed by atoms with Crippen molar-refractivity contribution < 1.29 is 5.11 Å². The summed E-state index contributed by atoms with van der Waals surface area (Å²) in [5, 5.41) is 22.7. The zero-order chi connectivity index (χ0) is 12.5. The van der Waals surface area contributed by atoms with Gasteiger partial charge in [-0.15, -0.1) is 0 Å². The molecule has 2 N–H and O–H groups in total. The minimum absolute atomic E-state index is 0.461. The van der Waals surface area contributed by atoms with Gasteiger partial charge in [0.05, 0.1) is 17.7 Å². The summed E-state index contributed by atoms with van der Waals surface area (Å²) in [6.07, 6.45) is -0.118. The van der Waals surface area contributed by atoms with E-state index in [9.17, 15) is 5.11 Å². The molecule has 18 heavy (non-hydrogen) atoms. The van der Waals surface area contributed by atoms with Gasteiger partial charge in [0.25, 0.3) is 0 Å². The number of hydrogen-bond acceptors (Lipinski definition) is 3. The largest absolute Gasteiger partial charge is 0.388 e. The highest BCUT2D eigenvalue weighted by atomic mass is 16.3. The van der Waals surface area contributed by atoms with Gasteiger partial charge in [-0.25, -0.2) is 0 Å². The minimum Gasteiger partial charge on any atom is -0.388 e. The van der Waals surface area contributed by atoms with Crippen LogP contribution >= 0.6 is 0 Å². The minimum atomic E-state index is -0.579. The van der Waals surface area contributed by atoms with Crippen molar-refractivity contribution in [1.29, 1.82) is 5.26 Å². The summed E-state index contributed by atoms with van der Waals surface area (Å²) in [5.41, 5.74) is 4.17. The molecule has 1 heterocycles. The van der Waals surface area contributed by atoms with Crippen LogP contribution in [0.5, 0.6) is 0 Å². The zero-order valence-corrected chi connectivity index (χ0v) is 9.72. The van der Waals surface area contributed by atoms with Gasteiger partial charge in [-0.3, -0.25) is 0 Å². The third-order valence-electron chi connectivity index (χ3n) is 3.28. The van der Waals surface area contributed by atoms with E-state index in [0.717, 1.165) is 22.5 Å². The summed E-state index contributed by atoms with van der Waals surface area (Å²) in [6, 6.07) is 15.4. The number of rotatable bonds is 0. The summed E-state index contributed by atoms with van der Waals surface area (Å²) >= 11 is 0. The van der Waals surface area contributed by atoms with Crippen molar-refractivity contribution in [3.8, 4) is 6.07 Å². The molecule has 2 aromatic carbocycles. The molecule has 1 aliphatic rings. The van der Waals surface area contributed by atoms with Crippen molar-refractivity contribution >= 4 is 11.4 Å². The standard InChI is InChI=1S/C15H12N2O/c16-9-10-4-3-7-14-12(10)8-15(18)11-5-1-2-6-13(11)17-14/h1-7,15,17-18H,8H2. The molecule has 1 unspecified atom stereocenters. The first-order valence-corrected chi connectivity index (χ1v) is 5.85. The van der Waals surface area contributed by atoms with Crippen LogP contribution in [0.1, 0.15) is 22.8 Å². The maximum Gasteiger partial charge on any atom is 0.0995 e. The highest BCUT2D eigenvalue weighted by Crippen LogP contribution is 2.36. The van der Waals surface area contributed by atoms with Gasteiger partial charge < -0.3 is 10.4 Å². The van der Waals surface area contributed by atoms with Gasteiger partial charge in [0.15, 0.2) is 0 Å². The van der Waals surface area contributed by atoms with E-state index in [2.05, 4.69) is 11.4 Å². The highest BCUT2D eigenvalue weighted by molar-refractivity contribution is 5.71. The number of para-hydroxylation sites is 1. The molecular weight excluding hydrogens is 224 g/mol. The fraction of sp³-hybridized carbons (Fsp3) is 0.133. The van der Waals surface area contributed by atoms with Crippen molar-refractivity contribution in [3.63, 3.8) is 0 Å². The third-order valence-corrected chi connectivity index (χ3v) is 3.28. The summed E-state index contributed by atoms with van der Waals surface area (Å²) in [4.78, 5) is 0. The normalized spacial score (nSPS) is 16.8. The van der Waals surface area contributed by atoms with Crippen LogP contribution in [0.4, 0.5) is 11.4 Å². The lowest BCUT2D eigenvalue weighted by Crippen LogP contribution is -2.01. The fourth-order valence-corrected chi connectivity index (χ4v) is 2.38. The van der Waals surface area contributed by atoms with Gasteiger partial charge in [0, 0.05) is 23.4 Å². The molecule has 3 heteroatoms. The van der Waals surface area contributed by atoms with Crippen LogP contribution in [0.2, 0.25) is 0 Å². The lowest BCUT2D eigenvalue weighted by atomic mass is 9.98. The van der Waals surface area contributed by atoms with Gasteiger partial charge in [-0.1, -0.05) is 24.3 Å². The molecule has 0 fully saturated rings. The number of nitrogens with zero attached hydrogens (tertiary/aromatic N) is 1. The Morgan fingerprint density at radius 3 is 2.72 bits per heavy atom. The number of fused-ring (bicyclic) bond motifs is 2. The number of aliphatic hydroxyl groups is 1. The molecule has 0 saturated carbocycles. The molecular formula is C15H12N2O. The summed E-state index contributed by atoms with van der Waals surface area (Å²) < 4.78 is 0. The molecule has 0 radical (unpaired) electrons. The molecule has 1 atom stereocenters. The number of aliphatic hydroxyl groups excluding tert-OH is 1. The van der Waals surface area contributed by atoms with E-state index in [4.69, 9.17) is 5.26 Å². The van der Waals surface area contributed by atoms with Crippen molar-refractivity contribution in [2.75, 3.05) is 5.32 Å². The average molecular weight is 236 g/mol. The third kappa shape index (κ3) is 1.64. The number of nitrogens with one attached hydrogen (secondary N) is 1. The Hall–Kier alpha value is -2.31. The lowest BCUT2D eigenvalue weighted by Gasteiger charge is -2.10. The van der Waals surface area contributed by atoms with E-state index in [0.29, 0.717) is 12.0 Å². The second-order valence-electron chi connectivity index (χ2n) is 4.38. The van der Waals surface area contributed by atoms with Crippen molar-refractivity contribution in [3.05, 3.63) is 59.2 Å². The van der Waals surface area contributed by atoms with Gasteiger partial charge in [0.2, 0.25) is 0 Å². The number of benzene rings is 2. The van der Waals surface area contributed by atoms with Crippen molar-refractivity contribution in [1.82, 2.24) is 0 Å². The van der Waals surface area contributed by atoms with Crippen LogP contribution in [-0.2, 0) is 6.42 Å². The van der Waals surface area contributed by atoms with Gasteiger partial charge in [0.1, 0.15) is 0 Å². The first-order chi connectivity index (χ1) is 8.79. The fourth-order valence-electron chi connectivity index (χ4n) is 2.38. The van der Waals surface area contributed by atoms with E-state index < -0.39 is 6.10 Å². The summed E-state index contributed by atoms with van der Waals surface area (Å²) in [7, 11) is 0. The molecule has 3 nitrogen and oxygen atoms in total. The molecule has 3 rings (SSSR count). The number of anilines is 2. The first-order valence-electron chi connectivity index (χ1n) is 5.85. The van der Waals surface area contributed by atoms with Crippen LogP contribution in [-0.4, -0.2) is 5.11 Å². The quantitative estimate of drug-likeness (QED) is 0.739. The van der Waals surface area contributed by atoms with Crippen molar-refractivity contribution in [2.45, 2.75) is 12.5 Å². The number of hydrogen-bond donors (Lipinski definition) is 2. The van der Waals surface area contributed by atoms with E-state index in [-0.39, 0.29) is 0 Å². The van der Waals surface area contributed by atoms with Crippen LogP contribution in [0.3, 0.4) is 0 Å². The Labute approximate surface area is 105 Å². The van der Waals surface area contributed by atoms with Gasteiger partial charge in [-0.2, -0.15) is 5.26 Å². The first kappa shape index (κ1) is 10.8. The van der Waals surface area contributed by atoms with Crippen LogP contribution in [0, 0.1) is 11.3 Å². The van der Waals surface area contributed by atoms with E-state index >= 15 is 0 Å². The maximum absolute atomic E-state index is 10.3. The monoisotopic (exact) mass is 236 g/mol. The molecule has 0 spiro atoms. The Bertz CT molecular complexity index is 643. The molecule has 0 amide bonds. The summed E-state index contributed by atoms with van der Waals surface area (Å²) in [6.45, 7) is 0.